The van der Waals surface area contributed by atoms with E-state index in [9.17, 15) is 9.59 Å². The molecule has 0 saturated carbocycles. The lowest BCUT2D eigenvalue weighted by atomic mass is 9.82. The van der Waals surface area contributed by atoms with E-state index in [1.165, 1.54) is 16.8 Å². The zero-order chi connectivity index (χ0) is 21.7. The minimum Gasteiger partial charge on any atom is -0.465 e. The zero-order valence-corrected chi connectivity index (χ0v) is 19.7. The van der Waals surface area contributed by atoms with Gasteiger partial charge in [0.1, 0.15) is 5.41 Å². The van der Waals surface area contributed by atoms with Crippen LogP contribution < -0.4 is 5.32 Å². The third kappa shape index (κ3) is 4.82. The van der Waals surface area contributed by atoms with E-state index in [1.54, 1.807) is 43.3 Å². The molecule has 1 aliphatic heterocycles. The molecule has 1 N–H and O–H groups in total. The molecule has 1 heterocycles. The Hall–Kier alpha value is -2.03. The summed E-state index contributed by atoms with van der Waals surface area (Å²) in [5, 5.41) is 9.24. The Morgan fingerprint density at radius 3 is 2.50 bits per heavy atom. The summed E-state index contributed by atoms with van der Waals surface area (Å²) < 4.78 is 6.30. The molecule has 0 saturated heterocycles. The van der Waals surface area contributed by atoms with Gasteiger partial charge in [0, 0.05) is 20.9 Å². The van der Waals surface area contributed by atoms with E-state index in [0.29, 0.717) is 22.2 Å². The van der Waals surface area contributed by atoms with Crippen LogP contribution in [-0.4, -0.2) is 47.9 Å². The SMILES string of the molecule is CCOC(=O)C1(CSC)CN(C(=O)Nc2ccc(Br)cc2)N=C1c1ccc(Cl)cc1. The molecule has 0 fully saturated rings. The van der Waals surface area contributed by atoms with Gasteiger partial charge in [0.05, 0.1) is 18.9 Å². The van der Waals surface area contributed by atoms with Gasteiger partial charge < -0.3 is 10.1 Å². The van der Waals surface area contributed by atoms with E-state index in [1.807, 2.05) is 18.4 Å². The minimum atomic E-state index is -1.07. The Kier molecular flexibility index (Phi) is 7.44. The number of nitrogens with zero attached hydrogens (tertiary/aromatic N) is 2. The summed E-state index contributed by atoms with van der Waals surface area (Å²) in [6.45, 7) is 2.09. The zero-order valence-electron chi connectivity index (χ0n) is 16.5. The van der Waals surface area contributed by atoms with Gasteiger partial charge in [-0.2, -0.15) is 16.9 Å². The standard InChI is InChI=1S/C21H21BrClN3O3S/c1-3-29-19(27)21(13-30-2)12-26(20(28)24-17-10-6-15(22)7-11-17)25-18(21)14-4-8-16(23)9-5-14/h4-11H,3,12-13H2,1-2H3,(H,24,28). The molecule has 3 rings (SSSR count). The van der Waals surface area contributed by atoms with Crippen LogP contribution >= 0.6 is 39.3 Å². The second-order valence-corrected chi connectivity index (χ2v) is 8.90. The molecule has 1 unspecified atom stereocenters. The Balaban J connectivity index is 1.97. The maximum Gasteiger partial charge on any atom is 0.342 e. The Morgan fingerprint density at radius 1 is 1.23 bits per heavy atom. The number of ether oxygens (including phenoxy) is 1. The molecule has 1 atom stereocenters. The molecule has 0 aromatic heterocycles. The third-order valence-electron chi connectivity index (χ3n) is 4.60. The molecule has 2 amide bonds. The maximum atomic E-state index is 13.1. The summed E-state index contributed by atoms with van der Waals surface area (Å²) in [6, 6.07) is 13.9. The highest BCUT2D eigenvalue weighted by molar-refractivity contribution is 9.10. The number of carbonyl (C=O) groups is 2. The molecule has 2 aromatic rings. The number of urea groups is 1. The smallest absolute Gasteiger partial charge is 0.342 e. The molecule has 0 spiro atoms. The number of halogens is 2. The van der Waals surface area contributed by atoms with Crippen LogP contribution in [0.2, 0.25) is 5.02 Å². The normalized spacial score (nSPS) is 18.1. The van der Waals surface area contributed by atoms with E-state index in [2.05, 4.69) is 26.3 Å². The number of anilines is 1. The van der Waals surface area contributed by atoms with Gasteiger partial charge in [-0.25, -0.2) is 9.80 Å². The molecular weight excluding hydrogens is 490 g/mol. The van der Waals surface area contributed by atoms with Crippen molar-refractivity contribution in [1.82, 2.24) is 5.01 Å². The van der Waals surface area contributed by atoms with Gasteiger partial charge in [-0.3, -0.25) is 4.79 Å². The number of hydrogen-bond acceptors (Lipinski definition) is 5. The van der Waals surface area contributed by atoms with E-state index in [0.717, 1.165) is 10.0 Å². The van der Waals surface area contributed by atoms with E-state index < -0.39 is 17.4 Å². The van der Waals surface area contributed by atoms with Crippen LogP contribution in [0.4, 0.5) is 10.5 Å². The molecule has 0 bridgehead atoms. The first-order chi connectivity index (χ1) is 14.4. The van der Waals surface area contributed by atoms with Crippen LogP contribution in [0, 0.1) is 5.41 Å². The first-order valence-electron chi connectivity index (χ1n) is 9.25. The van der Waals surface area contributed by atoms with Gasteiger partial charge in [-0.1, -0.05) is 39.7 Å². The first kappa shape index (κ1) is 22.7. The Labute approximate surface area is 193 Å². The summed E-state index contributed by atoms with van der Waals surface area (Å²) in [6.07, 6.45) is 1.91. The van der Waals surface area contributed by atoms with E-state index >= 15 is 0 Å². The summed E-state index contributed by atoms with van der Waals surface area (Å²) in [4.78, 5) is 26.0. The molecule has 30 heavy (non-hydrogen) atoms. The van der Waals surface area contributed by atoms with Crippen molar-refractivity contribution in [2.75, 3.05) is 30.5 Å². The predicted molar refractivity (Wildman–Crippen MR) is 125 cm³/mol. The molecule has 0 aliphatic carbocycles. The molecular formula is C21H21BrClN3O3S. The van der Waals surface area contributed by atoms with Gasteiger partial charge in [-0.15, -0.1) is 0 Å². The lowest BCUT2D eigenvalue weighted by Crippen LogP contribution is -2.46. The Morgan fingerprint density at radius 2 is 1.90 bits per heavy atom. The number of hydrazone groups is 1. The molecule has 0 radical (unpaired) electrons. The topological polar surface area (TPSA) is 71.0 Å². The number of esters is 1. The molecule has 6 nitrogen and oxygen atoms in total. The maximum absolute atomic E-state index is 13.1. The van der Waals surface area contributed by atoms with Crippen molar-refractivity contribution >= 4 is 62.7 Å². The van der Waals surface area contributed by atoms with Gasteiger partial charge in [0.25, 0.3) is 0 Å². The summed E-state index contributed by atoms with van der Waals surface area (Å²) in [5.41, 5.74) is 0.781. The third-order valence-corrected chi connectivity index (χ3v) is 6.16. The predicted octanol–water partition coefficient (Wildman–Crippen LogP) is 5.27. The largest absolute Gasteiger partial charge is 0.465 e. The highest BCUT2D eigenvalue weighted by atomic mass is 79.9. The van der Waals surface area contributed by atoms with Crippen molar-refractivity contribution < 1.29 is 14.3 Å². The fourth-order valence-corrected chi connectivity index (χ4v) is 4.44. The highest BCUT2D eigenvalue weighted by Crippen LogP contribution is 2.36. The number of hydrogen-bond donors (Lipinski definition) is 1. The number of rotatable bonds is 6. The second-order valence-electron chi connectivity index (χ2n) is 6.69. The molecule has 2 aromatic carbocycles. The van der Waals surface area contributed by atoms with Crippen molar-refractivity contribution in [2.24, 2.45) is 10.5 Å². The van der Waals surface area contributed by atoms with Crippen molar-refractivity contribution in [3.05, 3.63) is 63.6 Å². The first-order valence-corrected chi connectivity index (χ1v) is 11.8. The van der Waals surface area contributed by atoms with Crippen LogP contribution in [-0.2, 0) is 9.53 Å². The second kappa shape index (κ2) is 9.85. The lowest BCUT2D eigenvalue weighted by Gasteiger charge is -2.27. The van der Waals surface area contributed by atoms with Gasteiger partial charge >= 0.3 is 12.0 Å². The van der Waals surface area contributed by atoms with Gasteiger partial charge in [0.2, 0.25) is 0 Å². The quantitative estimate of drug-likeness (QED) is 0.538. The van der Waals surface area contributed by atoms with Crippen molar-refractivity contribution in [1.29, 1.82) is 0 Å². The number of thioether (sulfide) groups is 1. The minimum absolute atomic E-state index is 0.0903. The monoisotopic (exact) mass is 509 g/mol. The average molecular weight is 511 g/mol. The molecule has 158 valence electrons. The van der Waals surface area contributed by atoms with Crippen molar-refractivity contribution in [3.8, 4) is 0 Å². The van der Waals surface area contributed by atoms with Crippen molar-refractivity contribution in [3.63, 3.8) is 0 Å². The summed E-state index contributed by atoms with van der Waals surface area (Å²) >= 11 is 10.9. The lowest BCUT2D eigenvalue weighted by molar-refractivity contribution is -0.150. The van der Waals surface area contributed by atoms with E-state index in [-0.39, 0.29) is 13.2 Å². The van der Waals surface area contributed by atoms with Crippen LogP contribution in [0.1, 0.15) is 12.5 Å². The molecule has 1 aliphatic rings. The van der Waals surface area contributed by atoms with Gasteiger partial charge in [-0.05, 0) is 55.1 Å². The average Bonchev–Trinajstić information content (AvgIpc) is 3.12. The summed E-state index contributed by atoms with van der Waals surface area (Å²) in [7, 11) is 0. The van der Waals surface area contributed by atoms with Gasteiger partial charge in [0.15, 0.2) is 0 Å². The molecule has 9 heteroatoms. The number of benzene rings is 2. The number of carbonyl (C=O) groups excluding carboxylic acids is 2. The van der Waals surface area contributed by atoms with Crippen LogP contribution in [0.25, 0.3) is 0 Å². The van der Waals surface area contributed by atoms with Crippen LogP contribution in [0.3, 0.4) is 0 Å². The summed E-state index contributed by atoms with van der Waals surface area (Å²) in [5.74, 6) is 0.0296. The van der Waals surface area contributed by atoms with Crippen LogP contribution in [0.5, 0.6) is 0 Å². The number of nitrogens with one attached hydrogen (secondary N) is 1. The Bertz CT molecular complexity index is 953. The highest BCUT2D eigenvalue weighted by Gasteiger charge is 2.52. The fraction of sp³-hybridized carbons (Fsp3) is 0.286. The van der Waals surface area contributed by atoms with Crippen molar-refractivity contribution in [2.45, 2.75) is 6.92 Å². The van der Waals surface area contributed by atoms with Crippen LogP contribution in [0.15, 0.2) is 58.1 Å². The number of amides is 2. The van der Waals surface area contributed by atoms with E-state index in [4.69, 9.17) is 16.3 Å². The fourth-order valence-electron chi connectivity index (χ4n) is 3.21.